The van der Waals surface area contributed by atoms with Gasteiger partial charge < -0.3 is 14.7 Å². The molecule has 0 aliphatic carbocycles. The molecule has 1 rings (SSSR count). The molecule has 116 valence electrons. The highest BCUT2D eigenvalue weighted by Gasteiger charge is 2.22. The zero-order valence-electron chi connectivity index (χ0n) is 12.8. The van der Waals surface area contributed by atoms with Crippen molar-refractivity contribution in [3.63, 3.8) is 0 Å². The van der Waals surface area contributed by atoms with Crippen LogP contribution in [0.5, 0.6) is 5.75 Å². The summed E-state index contributed by atoms with van der Waals surface area (Å²) in [5, 5.41) is 8.86. The van der Waals surface area contributed by atoms with Gasteiger partial charge >= 0.3 is 5.97 Å². The van der Waals surface area contributed by atoms with E-state index in [2.05, 4.69) is 0 Å². The topological polar surface area (TPSA) is 66.8 Å². The molecular weight excluding hydrogens is 270 g/mol. The van der Waals surface area contributed by atoms with Crippen LogP contribution in [0.3, 0.4) is 0 Å². The van der Waals surface area contributed by atoms with Gasteiger partial charge in [-0.05, 0) is 38.5 Å². The number of carboxylic acid groups (broad SMARTS) is 1. The van der Waals surface area contributed by atoms with Crippen molar-refractivity contribution in [2.24, 2.45) is 0 Å². The Morgan fingerprint density at radius 3 is 2.62 bits per heavy atom. The molecule has 21 heavy (non-hydrogen) atoms. The number of ether oxygens (including phenoxy) is 1. The third-order valence-corrected chi connectivity index (χ3v) is 3.16. The minimum atomic E-state index is -0.909. The van der Waals surface area contributed by atoms with Gasteiger partial charge in [-0.1, -0.05) is 13.0 Å². The first kappa shape index (κ1) is 17.0. The maximum atomic E-state index is 12.5. The van der Waals surface area contributed by atoms with Crippen LogP contribution in [0.1, 0.15) is 44.0 Å². The van der Waals surface area contributed by atoms with Crippen LogP contribution in [0.4, 0.5) is 0 Å². The Balaban J connectivity index is 2.86. The van der Waals surface area contributed by atoms with Gasteiger partial charge in [-0.15, -0.1) is 0 Å². The van der Waals surface area contributed by atoms with Gasteiger partial charge in [0.2, 0.25) is 0 Å². The molecule has 1 aromatic rings. The van der Waals surface area contributed by atoms with E-state index in [1.807, 2.05) is 19.9 Å². The van der Waals surface area contributed by atoms with Gasteiger partial charge in [0.1, 0.15) is 5.75 Å². The number of aliphatic carboxylic acids is 1. The SMILES string of the molecule is CCCOc1cccc(C(=O)N(CC)C(C)CC(=O)O)c1. The highest BCUT2D eigenvalue weighted by Crippen LogP contribution is 2.17. The van der Waals surface area contributed by atoms with E-state index >= 15 is 0 Å². The highest BCUT2D eigenvalue weighted by atomic mass is 16.5. The lowest BCUT2D eigenvalue weighted by Gasteiger charge is -2.27. The van der Waals surface area contributed by atoms with E-state index < -0.39 is 5.97 Å². The number of carboxylic acids is 1. The van der Waals surface area contributed by atoms with E-state index in [1.54, 1.807) is 30.0 Å². The molecular formula is C16H23NO4. The van der Waals surface area contributed by atoms with Crippen LogP contribution in [0.2, 0.25) is 0 Å². The van der Waals surface area contributed by atoms with E-state index in [9.17, 15) is 9.59 Å². The predicted molar refractivity (Wildman–Crippen MR) is 80.7 cm³/mol. The smallest absolute Gasteiger partial charge is 0.305 e. The number of amides is 1. The summed E-state index contributed by atoms with van der Waals surface area (Å²) in [5.74, 6) is -0.424. The van der Waals surface area contributed by atoms with Crippen molar-refractivity contribution in [2.75, 3.05) is 13.2 Å². The van der Waals surface area contributed by atoms with Crippen LogP contribution >= 0.6 is 0 Å². The van der Waals surface area contributed by atoms with E-state index in [4.69, 9.17) is 9.84 Å². The van der Waals surface area contributed by atoms with Gasteiger partial charge in [-0.2, -0.15) is 0 Å². The molecule has 0 aliphatic heterocycles. The van der Waals surface area contributed by atoms with E-state index in [1.165, 1.54) is 0 Å². The molecule has 0 bridgehead atoms. The van der Waals surface area contributed by atoms with Crippen molar-refractivity contribution in [3.8, 4) is 5.75 Å². The zero-order valence-corrected chi connectivity index (χ0v) is 12.8. The van der Waals surface area contributed by atoms with Crippen LogP contribution in [0.15, 0.2) is 24.3 Å². The van der Waals surface area contributed by atoms with Crippen molar-refractivity contribution in [1.82, 2.24) is 4.90 Å². The molecule has 5 nitrogen and oxygen atoms in total. The van der Waals surface area contributed by atoms with Crippen LogP contribution in [0.25, 0.3) is 0 Å². The molecule has 1 aromatic carbocycles. The Bertz CT molecular complexity index is 487. The number of carbonyl (C=O) groups is 2. The standard InChI is InChI=1S/C16H23NO4/c1-4-9-21-14-8-6-7-13(11-14)16(20)17(5-2)12(3)10-15(18)19/h6-8,11-12H,4-5,9-10H2,1-3H3,(H,18,19). The zero-order chi connectivity index (χ0) is 15.8. The fourth-order valence-electron chi connectivity index (χ4n) is 2.12. The molecule has 0 saturated heterocycles. The number of hydrogen-bond donors (Lipinski definition) is 1. The van der Waals surface area contributed by atoms with Gasteiger partial charge in [0.15, 0.2) is 0 Å². The fourth-order valence-corrected chi connectivity index (χ4v) is 2.12. The largest absolute Gasteiger partial charge is 0.494 e. The Kier molecular flexibility index (Phi) is 6.72. The predicted octanol–water partition coefficient (Wildman–Crippen LogP) is 2.80. The minimum Gasteiger partial charge on any atom is -0.494 e. The second-order valence-corrected chi connectivity index (χ2v) is 4.91. The van der Waals surface area contributed by atoms with Crippen LogP contribution in [-0.2, 0) is 4.79 Å². The molecule has 0 heterocycles. The quantitative estimate of drug-likeness (QED) is 0.800. The van der Waals surface area contributed by atoms with E-state index in [0.29, 0.717) is 24.5 Å². The van der Waals surface area contributed by atoms with Crippen molar-refractivity contribution in [2.45, 2.75) is 39.7 Å². The van der Waals surface area contributed by atoms with Crippen molar-refractivity contribution in [3.05, 3.63) is 29.8 Å². The summed E-state index contributed by atoms with van der Waals surface area (Å²) in [6.45, 7) is 6.67. The summed E-state index contributed by atoms with van der Waals surface area (Å²) in [5.41, 5.74) is 0.516. The first-order chi connectivity index (χ1) is 9.99. The monoisotopic (exact) mass is 293 g/mol. The van der Waals surface area contributed by atoms with Crippen LogP contribution in [0, 0.1) is 0 Å². The number of nitrogens with zero attached hydrogens (tertiary/aromatic N) is 1. The average molecular weight is 293 g/mol. The number of carbonyl (C=O) groups excluding carboxylic acids is 1. The molecule has 0 aromatic heterocycles. The summed E-state index contributed by atoms with van der Waals surface area (Å²) < 4.78 is 5.52. The van der Waals surface area contributed by atoms with Gasteiger partial charge in [-0.3, -0.25) is 9.59 Å². The molecule has 0 spiro atoms. The van der Waals surface area contributed by atoms with E-state index in [0.717, 1.165) is 6.42 Å². The van der Waals surface area contributed by atoms with Crippen molar-refractivity contribution < 1.29 is 19.4 Å². The molecule has 1 N–H and O–H groups in total. The first-order valence-electron chi connectivity index (χ1n) is 7.25. The number of hydrogen-bond acceptors (Lipinski definition) is 3. The van der Waals surface area contributed by atoms with E-state index in [-0.39, 0.29) is 18.4 Å². The summed E-state index contributed by atoms with van der Waals surface area (Å²) in [6.07, 6.45) is 0.834. The highest BCUT2D eigenvalue weighted by molar-refractivity contribution is 5.95. The molecule has 0 saturated carbocycles. The van der Waals surface area contributed by atoms with Gasteiger partial charge in [0, 0.05) is 18.2 Å². The second-order valence-electron chi connectivity index (χ2n) is 4.91. The van der Waals surface area contributed by atoms with Gasteiger partial charge in [0.05, 0.1) is 13.0 Å². The molecule has 0 fully saturated rings. The number of rotatable bonds is 8. The summed E-state index contributed by atoms with van der Waals surface area (Å²) in [7, 11) is 0. The molecule has 1 unspecified atom stereocenters. The lowest BCUT2D eigenvalue weighted by Crippen LogP contribution is -2.39. The normalized spacial score (nSPS) is 11.8. The molecule has 0 aliphatic rings. The summed E-state index contributed by atoms with van der Waals surface area (Å²) in [6, 6.07) is 6.66. The van der Waals surface area contributed by atoms with Gasteiger partial charge in [-0.25, -0.2) is 0 Å². The van der Waals surface area contributed by atoms with Crippen LogP contribution < -0.4 is 4.74 Å². The molecule has 5 heteroatoms. The average Bonchev–Trinajstić information content (AvgIpc) is 2.45. The fraction of sp³-hybridized carbons (Fsp3) is 0.500. The molecule has 1 amide bonds. The Morgan fingerprint density at radius 1 is 1.33 bits per heavy atom. The number of benzene rings is 1. The lowest BCUT2D eigenvalue weighted by atomic mass is 10.1. The van der Waals surface area contributed by atoms with Crippen molar-refractivity contribution >= 4 is 11.9 Å². The maximum absolute atomic E-state index is 12.5. The van der Waals surface area contributed by atoms with Crippen molar-refractivity contribution in [1.29, 1.82) is 0 Å². The molecule has 1 atom stereocenters. The summed E-state index contributed by atoms with van der Waals surface area (Å²) in [4.78, 5) is 24.9. The summed E-state index contributed by atoms with van der Waals surface area (Å²) >= 11 is 0. The first-order valence-corrected chi connectivity index (χ1v) is 7.25. The third-order valence-electron chi connectivity index (χ3n) is 3.16. The van der Waals surface area contributed by atoms with Gasteiger partial charge in [0.25, 0.3) is 5.91 Å². The molecule has 0 radical (unpaired) electrons. The third kappa shape index (κ3) is 5.10. The minimum absolute atomic E-state index is 0.0639. The second kappa shape index (κ2) is 8.29. The maximum Gasteiger partial charge on any atom is 0.305 e. The lowest BCUT2D eigenvalue weighted by molar-refractivity contribution is -0.138. The van der Waals surface area contributed by atoms with Crippen LogP contribution in [-0.4, -0.2) is 41.1 Å². The Hall–Kier alpha value is -2.04. The Labute approximate surface area is 125 Å². The Morgan fingerprint density at radius 2 is 2.05 bits per heavy atom.